The van der Waals surface area contributed by atoms with Crippen LogP contribution in [-0.2, 0) is 0 Å². The molecule has 1 heterocycles. The van der Waals surface area contributed by atoms with E-state index in [9.17, 15) is 4.79 Å². The number of thioether (sulfide) groups is 1. The highest BCUT2D eigenvalue weighted by Gasteiger charge is 2.21. The molecule has 0 aromatic heterocycles. The van der Waals surface area contributed by atoms with Crippen molar-refractivity contribution >= 4 is 23.6 Å². The summed E-state index contributed by atoms with van der Waals surface area (Å²) in [5.74, 6) is 0.758. The lowest BCUT2D eigenvalue weighted by atomic mass is 10.0. The molecule has 3 heteroatoms. The zero-order valence-electron chi connectivity index (χ0n) is 10.7. The van der Waals surface area contributed by atoms with Crippen molar-refractivity contribution in [2.24, 2.45) is 0 Å². The van der Waals surface area contributed by atoms with Gasteiger partial charge in [-0.25, -0.2) is 0 Å². The van der Waals surface area contributed by atoms with E-state index in [0.717, 1.165) is 21.6 Å². The van der Waals surface area contributed by atoms with E-state index < -0.39 is 0 Å². The molecule has 0 spiro atoms. The molecule has 0 unspecified atom stereocenters. The maximum atomic E-state index is 12.4. The number of ketones is 1. The first-order chi connectivity index (χ1) is 9.78. The topological polar surface area (TPSA) is 40.9 Å². The van der Waals surface area contributed by atoms with Gasteiger partial charge in [0.25, 0.3) is 0 Å². The van der Waals surface area contributed by atoms with E-state index in [0.29, 0.717) is 11.3 Å². The Morgan fingerprint density at radius 3 is 2.85 bits per heavy atom. The molecular weight excluding hydrogens is 266 g/mol. The van der Waals surface area contributed by atoms with E-state index in [2.05, 4.69) is 6.07 Å². The van der Waals surface area contributed by atoms with Crippen molar-refractivity contribution in [1.82, 2.24) is 0 Å². The van der Waals surface area contributed by atoms with Gasteiger partial charge >= 0.3 is 0 Å². The van der Waals surface area contributed by atoms with Crippen LogP contribution in [0.25, 0.3) is 6.08 Å². The maximum absolute atomic E-state index is 12.4. The molecule has 2 aromatic carbocycles. The Kier molecular flexibility index (Phi) is 3.41. The van der Waals surface area contributed by atoms with Gasteiger partial charge in [-0.05, 0) is 35.9 Å². The standard InChI is InChI=1S/C17H11NOS/c18-10-13-5-3-4-12(8-13)9-14-11-20-16-7-2-1-6-15(16)17(14)19/h1-9H,11H2/b14-9+. The van der Waals surface area contributed by atoms with Gasteiger partial charge in [0.2, 0.25) is 0 Å². The van der Waals surface area contributed by atoms with Crippen LogP contribution in [0, 0.1) is 11.3 Å². The van der Waals surface area contributed by atoms with Crippen LogP contribution in [0.5, 0.6) is 0 Å². The zero-order valence-corrected chi connectivity index (χ0v) is 11.5. The van der Waals surface area contributed by atoms with Crippen LogP contribution >= 0.6 is 11.8 Å². The third-order valence-electron chi connectivity index (χ3n) is 3.16. The van der Waals surface area contributed by atoms with Crippen molar-refractivity contribution in [3.63, 3.8) is 0 Å². The summed E-state index contributed by atoms with van der Waals surface area (Å²) in [6.07, 6.45) is 1.88. The second-order valence-corrected chi connectivity index (χ2v) is 5.54. The zero-order chi connectivity index (χ0) is 13.9. The molecule has 2 aromatic rings. The molecule has 3 rings (SSSR count). The van der Waals surface area contributed by atoms with E-state index in [4.69, 9.17) is 5.26 Å². The first kappa shape index (κ1) is 12.7. The predicted octanol–water partition coefficient (Wildman–Crippen LogP) is 3.93. The molecule has 1 aliphatic heterocycles. The Morgan fingerprint density at radius 2 is 2.00 bits per heavy atom. The van der Waals surface area contributed by atoms with E-state index in [1.54, 1.807) is 23.9 Å². The molecule has 0 aliphatic carbocycles. The average molecular weight is 277 g/mol. The van der Waals surface area contributed by atoms with Gasteiger partial charge in [0.1, 0.15) is 0 Å². The van der Waals surface area contributed by atoms with Crippen LogP contribution < -0.4 is 0 Å². The highest BCUT2D eigenvalue weighted by molar-refractivity contribution is 7.99. The summed E-state index contributed by atoms with van der Waals surface area (Å²) < 4.78 is 0. The Balaban J connectivity index is 1.98. The lowest BCUT2D eigenvalue weighted by Gasteiger charge is -2.16. The van der Waals surface area contributed by atoms with E-state index in [1.807, 2.05) is 42.5 Å². The highest BCUT2D eigenvalue weighted by atomic mass is 32.2. The van der Waals surface area contributed by atoms with Crippen LogP contribution in [0.2, 0.25) is 0 Å². The molecule has 96 valence electrons. The average Bonchev–Trinajstić information content (AvgIpc) is 2.50. The minimum Gasteiger partial charge on any atom is -0.289 e. The number of nitriles is 1. The maximum Gasteiger partial charge on any atom is 0.191 e. The fourth-order valence-corrected chi connectivity index (χ4v) is 3.20. The van der Waals surface area contributed by atoms with Crippen LogP contribution in [-0.4, -0.2) is 11.5 Å². The van der Waals surface area contributed by atoms with Crippen LogP contribution in [0.4, 0.5) is 0 Å². The van der Waals surface area contributed by atoms with Gasteiger partial charge in [0.05, 0.1) is 11.6 Å². The van der Waals surface area contributed by atoms with Gasteiger partial charge < -0.3 is 0 Å². The number of benzene rings is 2. The fourth-order valence-electron chi connectivity index (χ4n) is 2.18. The van der Waals surface area contributed by atoms with E-state index in [-0.39, 0.29) is 5.78 Å². The number of carbonyl (C=O) groups excluding carboxylic acids is 1. The van der Waals surface area contributed by atoms with Crippen LogP contribution in [0.15, 0.2) is 59.0 Å². The summed E-state index contributed by atoms with van der Waals surface area (Å²) in [5.41, 5.74) is 3.05. The molecule has 0 N–H and O–H groups in total. The summed E-state index contributed by atoms with van der Waals surface area (Å²) in [6, 6.07) is 17.1. The highest BCUT2D eigenvalue weighted by Crippen LogP contribution is 2.33. The lowest BCUT2D eigenvalue weighted by molar-refractivity contribution is 0.103. The van der Waals surface area contributed by atoms with E-state index >= 15 is 0 Å². The van der Waals surface area contributed by atoms with Crippen molar-refractivity contribution in [3.05, 3.63) is 70.8 Å². The first-order valence-corrected chi connectivity index (χ1v) is 7.24. The third kappa shape index (κ3) is 2.38. The minimum atomic E-state index is 0.0849. The molecule has 0 atom stereocenters. The lowest BCUT2D eigenvalue weighted by Crippen LogP contribution is -2.12. The van der Waals surface area contributed by atoms with Crippen LogP contribution in [0.1, 0.15) is 21.5 Å². The number of fused-ring (bicyclic) bond motifs is 1. The van der Waals surface area contributed by atoms with Crippen molar-refractivity contribution < 1.29 is 4.79 Å². The summed E-state index contributed by atoms with van der Waals surface area (Å²) in [4.78, 5) is 13.5. The number of carbonyl (C=O) groups is 1. The van der Waals surface area contributed by atoms with Gasteiger partial charge in [-0.3, -0.25) is 4.79 Å². The fraction of sp³-hybridized carbons (Fsp3) is 0.0588. The Morgan fingerprint density at radius 1 is 1.15 bits per heavy atom. The van der Waals surface area contributed by atoms with Crippen LogP contribution in [0.3, 0.4) is 0 Å². The molecule has 0 saturated carbocycles. The summed E-state index contributed by atoms with van der Waals surface area (Å²) >= 11 is 1.68. The van der Waals surface area contributed by atoms with E-state index in [1.165, 1.54) is 0 Å². The molecule has 0 saturated heterocycles. The second kappa shape index (κ2) is 5.36. The third-order valence-corrected chi connectivity index (χ3v) is 4.29. The number of hydrogen-bond acceptors (Lipinski definition) is 3. The van der Waals surface area contributed by atoms with Crippen molar-refractivity contribution in [2.75, 3.05) is 5.75 Å². The molecule has 1 aliphatic rings. The smallest absolute Gasteiger partial charge is 0.191 e. The molecule has 20 heavy (non-hydrogen) atoms. The van der Waals surface area contributed by atoms with Gasteiger partial charge in [0, 0.05) is 21.8 Å². The number of rotatable bonds is 1. The molecule has 2 nitrogen and oxygen atoms in total. The SMILES string of the molecule is N#Cc1cccc(/C=C2\CSc3ccccc3C2=O)c1. The first-order valence-electron chi connectivity index (χ1n) is 6.25. The summed E-state index contributed by atoms with van der Waals surface area (Å²) in [7, 11) is 0. The number of Topliss-reactive ketones (excluding diaryl/α,β-unsaturated/α-hetero) is 1. The van der Waals surface area contributed by atoms with Gasteiger partial charge in [0.15, 0.2) is 5.78 Å². The summed E-state index contributed by atoms with van der Waals surface area (Å²) in [6.45, 7) is 0. The monoisotopic (exact) mass is 277 g/mol. The normalized spacial score (nSPS) is 15.8. The Labute approximate surface area is 121 Å². The summed E-state index contributed by atoms with van der Waals surface area (Å²) in [5, 5.41) is 8.91. The van der Waals surface area contributed by atoms with Gasteiger partial charge in [-0.2, -0.15) is 5.26 Å². The predicted molar refractivity (Wildman–Crippen MR) is 80.6 cm³/mol. The Bertz CT molecular complexity index is 756. The van der Waals surface area contributed by atoms with Gasteiger partial charge in [-0.1, -0.05) is 24.3 Å². The van der Waals surface area contributed by atoms with Crippen molar-refractivity contribution in [3.8, 4) is 6.07 Å². The quantitative estimate of drug-likeness (QED) is 0.741. The Hall–Kier alpha value is -2.31. The number of nitrogens with zero attached hydrogens (tertiary/aromatic N) is 1. The second-order valence-electron chi connectivity index (χ2n) is 4.52. The van der Waals surface area contributed by atoms with Crippen molar-refractivity contribution in [1.29, 1.82) is 5.26 Å². The molecule has 0 fully saturated rings. The van der Waals surface area contributed by atoms with Crippen molar-refractivity contribution in [2.45, 2.75) is 4.90 Å². The number of hydrogen-bond donors (Lipinski definition) is 0. The molecule has 0 bridgehead atoms. The molecule has 0 radical (unpaired) electrons. The molecule has 0 amide bonds. The molecular formula is C17H11NOS. The minimum absolute atomic E-state index is 0.0849. The largest absolute Gasteiger partial charge is 0.289 e. The van der Waals surface area contributed by atoms with Gasteiger partial charge in [-0.15, -0.1) is 11.8 Å².